The second-order valence-electron chi connectivity index (χ2n) is 8.99. The summed E-state index contributed by atoms with van der Waals surface area (Å²) < 4.78 is 0. The van der Waals surface area contributed by atoms with Gasteiger partial charge in [-0.3, -0.25) is 14.6 Å². The molecule has 1 aliphatic rings. The number of benzene rings is 3. The van der Waals surface area contributed by atoms with Gasteiger partial charge in [-0.25, -0.2) is 0 Å². The van der Waals surface area contributed by atoms with Gasteiger partial charge in [-0.15, -0.1) is 0 Å². The number of hydrogen-bond acceptors (Lipinski definition) is 3. The molecule has 1 aliphatic heterocycles. The molecule has 0 fully saturated rings. The van der Waals surface area contributed by atoms with E-state index >= 15 is 0 Å². The Bertz CT molecular complexity index is 1390. The predicted octanol–water partition coefficient (Wildman–Crippen LogP) is 5.50. The fraction of sp³-hybridized carbons (Fsp3) is 0.167. The minimum absolute atomic E-state index is 0.0966. The first-order chi connectivity index (χ1) is 17.0. The van der Waals surface area contributed by atoms with E-state index in [0.29, 0.717) is 24.2 Å². The molecule has 0 unspecified atom stereocenters. The molecule has 1 N–H and O–H groups in total. The molecule has 5 heteroatoms. The van der Waals surface area contributed by atoms with Crippen LogP contribution in [0.25, 0.3) is 11.1 Å². The fourth-order valence-electron chi connectivity index (χ4n) is 4.39. The summed E-state index contributed by atoms with van der Waals surface area (Å²) in [5, 5.41) is 2.97. The average Bonchev–Trinajstić information content (AvgIpc) is 3.32. The zero-order valence-electron chi connectivity index (χ0n) is 19.9. The van der Waals surface area contributed by atoms with Crippen LogP contribution >= 0.6 is 0 Å². The lowest BCUT2D eigenvalue weighted by atomic mass is 9.98. The van der Waals surface area contributed by atoms with Crippen molar-refractivity contribution < 1.29 is 9.59 Å². The molecule has 0 saturated heterocycles. The van der Waals surface area contributed by atoms with Crippen LogP contribution < -0.4 is 10.2 Å². The highest BCUT2D eigenvalue weighted by molar-refractivity contribution is 6.09. The molecule has 2 amide bonds. The van der Waals surface area contributed by atoms with Crippen molar-refractivity contribution in [3.63, 3.8) is 0 Å². The highest BCUT2D eigenvalue weighted by atomic mass is 16.2. The third kappa shape index (κ3) is 4.85. The van der Waals surface area contributed by atoms with E-state index in [4.69, 9.17) is 0 Å². The number of aryl methyl sites for hydroxylation is 2. The van der Waals surface area contributed by atoms with Gasteiger partial charge in [0.25, 0.3) is 11.8 Å². The highest BCUT2D eigenvalue weighted by Gasteiger charge is 2.26. The number of carbonyl (C=O) groups is 2. The molecule has 4 aromatic rings. The van der Waals surface area contributed by atoms with Gasteiger partial charge < -0.3 is 10.2 Å². The Morgan fingerprint density at radius 3 is 2.43 bits per heavy atom. The molecule has 0 radical (unpaired) electrons. The zero-order valence-corrected chi connectivity index (χ0v) is 19.9. The smallest absolute Gasteiger partial charge is 0.258 e. The summed E-state index contributed by atoms with van der Waals surface area (Å²) in [6.45, 7) is 4.96. The number of nitrogens with one attached hydrogen (secondary N) is 1. The van der Waals surface area contributed by atoms with Gasteiger partial charge in [0.05, 0.1) is 0 Å². The summed E-state index contributed by atoms with van der Waals surface area (Å²) in [7, 11) is 0. The minimum atomic E-state index is -0.226. The van der Waals surface area contributed by atoms with Crippen molar-refractivity contribution in [2.24, 2.45) is 0 Å². The number of hydrogen-bond donors (Lipinski definition) is 1. The average molecular weight is 462 g/mol. The Morgan fingerprint density at radius 1 is 0.886 bits per heavy atom. The maximum atomic E-state index is 13.6. The van der Waals surface area contributed by atoms with Crippen molar-refractivity contribution in [2.45, 2.75) is 26.8 Å². The van der Waals surface area contributed by atoms with E-state index in [2.05, 4.69) is 16.4 Å². The monoisotopic (exact) mass is 461 g/mol. The topological polar surface area (TPSA) is 62.3 Å². The van der Waals surface area contributed by atoms with E-state index in [-0.39, 0.29) is 11.8 Å². The van der Waals surface area contributed by atoms with Crippen molar-refractivity contribution in [3.05, 3.63) is 119 Å². The van der Waals surface area contributed by atoms with E-state index in [1.807, 2.05) is 85.5 Å². The van der Waals surface area contributed by atoms with E-state index in [0.717, 1.165) is 40.1 Å². The molecule has 0 atom stereocenters. The van der Waals surface area contributed by atoms with Crippen LogP contribution in [0.15, 0.2) is 85.1 Å². The fourth-order valence-corrected chi connectivity index (χ4v) is 4.39. The van der Waals surface area contributed by atoms with Gasteiger partial charge in [-0.1, -0.05) is 54.1 Å². The quantitative estimate of drug-likeness (QED) is 0.427. The summed E-state index contributed by atoms with van der Waals surface area (Å²) >= 11 is 0. The maximum absolute atomic E-state index is 13.6. The van der Waals surface area contributed by atoms with Gasteiger partial charge in [0, 0.05) is 41.8 Å². The number of aromatic nitrogens is 1. The summed E-state index contributed by atoms with van der Waals surface area (Å²) in [5.74, 6) is -0.323. The standard InChI is InChI=1S/C30H27N3O2/c1-20-7-11-23(12-8-20)25-15-26(29(34)32-19-22-10-9-21(2)31-18-22)17-27(16-25)30(35)33-14-13-24-5-3-4-6-28(24)33/h3-12,15-18H,13-14,19H2,1-2H3,(H,32,34). The van der Waals surface area contributed by atoms with Crippen LogP contribution in [0.5, 0.6) is 0 Å². The van der Waals surface area contributed by atoms with Gasteiger partial charge in [0.15, 0.2) is 0 Å². The number of anilines is 1. The molecule has 0 saturated carbocycles. The van der Waals surface area contributed by atoms with Gasteiger partial charge in [-0.2, -0.15) is 0 Å². The molecule has 0 spiro atoms. The van der Waals surface area contributed by atoms with Crippen LogP contribution in [0.2, 0.25) is 0 Å². The van der Waals surface area contributed by atoms with E-state index in [9.17, 15) is 9.59 Å². The minimum Gasteiger partial charge on any atom is -0.348 e. The third-order valence-corrected chi connectivity index (χ3v) is 6.39. The summed E-state index contributed by atoms with van der Waals surface area (Å²) in [5.41, 5.74) is 7.87. The first-order valence-corrected chi connectivity index (χ1v) is 11.8. The van der Waals surface area contributed by atoms with Gasteiger partial charge >= 0.3 is 0 Å². The second kappa shape index (κ2) is 9.55. The zero-order chi connectivity index (χ0) is 24.4. The normalized spacial score (nSPS) is 12.3. The van der Waals surface area contributed by atoms with Crippen molar-refractivity contribution in [3.8, 4) is 11.1 Å². The Morgan fingerprint density at radius 2 is 1.66 bits per heavy atom. The van der Waals surface area contributed by atoms with Crippen LogP contribution in [0, 0.1) is 13.8 Å². The van der Waals surface area contributed by atoms with Crippen molar-refractivity contribution in [2.75, 3.05) is 11.4 Å². The molecular formula is C30H27N3O2. The van der Waals surface area contributed by atoms with Crippen molar-refractivity contribution >= 4 is 17.5 Å². The third-order valence-electron chi connectivity index (χ3n) is 6.39. The lowest BCUT2D eigenvalue weighted by Gasteiger charge is -2.19. The Labute approximate surface area is 205 Å². The number of amides is 2. The Hall–Kier alpha value is -4.25. The summed E-state index contributed by atoms with van der Waals surface area (Å²) in [4.78, 5) is 32.9. The van der Waals surface area contributed by atoms with Crippen LogP contribution in [-0.4, -0.2) is 23.3 Å². The largest absolute Gasteiger partial charge is 0.348 e. The molecule has 5 nitrogen and oxygen atoms in total. The van der Waals surface area contributed by atoms with Crippen LogP contribution in [-0.2, 0) is 13.0 Å². The molecule has 35 heavy (non-hydrogen) atoms. The maximum Gasteiger partial charge on any atom is 0.258 e. The number of carbonyl (C=O) groups excluding carboxylic acids is 2. The number of nitrogens with zero attached hydrogens (tertiary/aromatic N) is 2. The molecule has 5 rings (SSSR count). The first-order valence-electron chi connectivity index (χ1n) is 11.8. The molecule has 1 aromatic heterocycles. The second-order valence-corrected chi connectivity index (χ2v) is 8.99. The molecular weight excluding hydrogens is 434 g/mol. The number of rotatable bonds is 5. The highest BCUT2D eigenvalue weighted by Crippen LogP contribution is 2.30. The molecule has 0 aliphatic carbocycles. The molecule has 3 aromatic carbocycles. The van der Waals surface area contributed by atoms with Gasteiger partial charge in [0.1, 0.15) is 0 Å². The van der Waals surface area contributed by atoms with E-state index < -0.39 is 0 Å². The number of fused-ring (bicyclic) bond motifs is 1. The van der Waals surface area contributed by atoms with Crippen LogP contribution in [0.1, 0.15) is 43.1 Å². The SMILES string of the molecule is Cc1ccc(-c2cc(C(=O)NCc3ccc(C)nc3)cc(C(=O)N3CCc4ccccc43)c2)cc1. The molecule has 174 valence electrons. The van der Waals surface area contributed by atoms with Gasteiger partial charge in [0.2, 0.25) is 0 Å². The summed E-state index contributed by atoms with van der Waals surface area (Å²) in [6, 6.07) is 25.4. The number of pyridine rings is 1. The summed E-state index contributed by atoms with van der Waals surface area (Å²) in [6.07, 6.45) is 2.59. The lowest BCUT2D eigenvalue weighted by molar-refractivity contribution is 0.0951. The van der Waals surface area contributed by atoms with Crippen LogP contribution in [0.3, 0.4) is 0 Å². The lowest BCUT2D eigenvalue weighted by Crippen LogP contribution is -2.29. The van der Waals surface area contributed by atoms with Crippen LogP contribution in [0.4, 0.5) is 5.69 Å². The van der Waals surface area contributed by atoms with Gasteiger partial charge in [-0.05, 0) is 72.9 Å². The number of para-hydroxylation sites is 1. The predicted molar refractivity (Wildman–Crippen MR) is 139 cm³/mol. The Kier molecular flexibility index (Phi) is 6.15. The van der Waals surface area contributed by atoms with Crippen molar-refractivity contribution in [1.29, 1.82) is 0 Å². The van der Waals surface area contributed by atoms with Crippen molar-refractivity contribution in [1.82, 2.24) is 10.3 Å². The Balaban J connectivity index is 1.48. The molecule has 2 heterocycles. The van der Waals surface area contributed by atoms with E-state index in [1.54, 1.807) is 12.3 Å². The molecule has 0 bridgehead atoms. The first kappa shape index (κ1) is 22.5. The van der Waals surface area contributed by atoms with E-state index in [1.165, 1.54) is 5.56 Å².